The topological polar surface area (TPSA) is 20.2 Å². The predicted molar refractivity (Wildman–Crippen MR) is 54.8 cm³/mol. The minimum atomic E-state index is -0.667. The fourth-order valence-electron chi connectivity index (χ4n) is 0.853. The second-order valence-electron chi connectivity index (χ2n) is 2.34. The minimum Gasteiger partial charge on any atom is -0.387 e. The monoisotopic (exact) mass is 268 g/mol. The van der Waals surface area contributed by atoms with Gasteiger partial charge in [-0.05, 0) is 23.8 Å². The lowest BCUT2D eigenvalue weighted by Crippen LogP contribution is -1.99. The van der Waals surface area contributed by atoms with Gasteiger partial charge in [-0.3, -0.25) is 0 Å². The average Bonchev–Trinajstić information content (AvgIpc) is 2.08. The maximum absolute atomic E-state index is 9.41. The molecule has 0 spiro atoms. The molecule has 1 atom stereocenters. The van der Waals surface area contributed by atoms with Gasteiger partial charge in [0.15, 0.2) is 0 Å². The van der Waals surface area contributed by atoms with E-state index in [1.165, 1.54) is 0 Å². The third-order valence-electron chi connectivity index (χ3n) is 1.46. The van der Waals surface area contributed by atoms with E-state index in [4.69, 9.17) is 23.2 Å². The summed E-state index contributed by atoms with van der Waals surface area (Å²) in [5.41, 5.74) is 0.720. The Kier molecular flexibility index (Phi) is 3.84. The van der Waals surface area contributed by atoms with Crippen molar-refractivity contribution < 1.29 is 5.11 Å². The number of hydrogen-bond donors (Lipinski definition) is 1. The normalized spacial score (nSPS) is 13.0. The van der Waals surface area contributed by atoms with E-state index >= 15 is 0 Å². The molecule has 1 N–H and O–H groups in total. The number of benzene rings is 1. The molecule has 0 saturated heterocycles. The molecule has 0 bridgehead atoms. The molecule has 0 aromatic heterocycles. The second-order valence-corrected chi connectivity index (χ2v) is 3.94. The van der Waals surface area contributed by atoms with Crippen molar-refractivity contribution in [1.82, 2.24) is 0 Å². The summed E-state index contributed by atoms with van der Waals surface area (Å²) in [5.74, 6) is 0.166. The molecule has 66 valence electrons. The van der Waals surface area contributed by atoms with Gasteiger partial charge in [0.25, 0.3) is 0 Å². The molecule has 1 nitrogen and oxygen atoms in total. The van der Waals surface area contributed by atoms with Crippen LogP contribution in [0.2, 0.25) is 5.02 Å². The fourth-order valence-corrected chi connectivity index (χ4v) is 1.71. The molecule has 4 heteroatoms. The quantitative estimate of drug-likeness (QED) is 0.817. The van der Waals surface area contributed by atoms with Crippen LogP contribution in [0.15, 0.2) is 22.7 Å². The highest BCUT2D eigenvalue weighted by Gasteiger charge is 2.09. The summed E-state index contributed by atoms with van der Waals surface area (Å²) in [6.45, 7) is 0. The molecule has 1 rings (SSSR count). The molecule has 12 heavy (non-hydrogen) atoms. The average molecular weight is 270 g/mol. The van der Waals surface area contributed by atoms with Crippen LogP contribution in [0, 0.1) is 0 Å². The van der Waals surface area contributed by atoms with E-state index < -0.39 is 6.10 Å². The van der Waals surface area contributed by atoms with Gasteiger partial charge in [-0.1, -0.05) is 27.5 Å². The van der Waals surface area contributed by atoms with Gasteiger partial charge < -0.3 is 5.11 Å². The number of rotatable bonds is 2. The highest BCUT2D eigenvalue weighted by Crippen LogP contribution is 2.27. The van der Waals surface area contributed by atoms with Crippen molar-refractivity contribution in [3.05, 3.63) is 33.3 Å². The summed E-state index contributed by atoms with van der Waals surface area (Å²) in [6.07, 6.45) is -0.667. The van der Waals surface area contributed by atoms with Crippen molar-refractivity contribution in [1.29, 1.82) is 0 Å². The Morgan fingerprint density at radius 1 is 1.50 bits per heavy atom. The Labute approximate surface area is 89.4 Å². The fraction of sp³-hybridized carbons (Fsp3) is 0.250. The lowest BCUT2D eigenvalue weighted by Gasteiger charge is -2.09. The van der Waals surface area contributed by atoms with Crippen molar-refractivity contribution in [2.75, 3.05) is 5.88 Å². The van der Waals surface area contributed by atoms with Crippen molar-refractivity contribution in [2.45, 2.75) is 6.10 Å². The van der Waals surface area contributed by atoms with Crippen molar-refractivity contribution in [3.8, 4) is 0 Å². The van der Waals surface area contributed by atoms with Gasteiger partial charge >= 0.3 is 0 Å². The van der Waals surface area contributed by atoms with Gasteiger partial charge in [-0.2, -0.15) is 0 Å². The van der Waals surface area contributed by atoms with E-state index in [2.05, 4.69) is 15.9 Å². The van der Waals surface area contributed by atoms with E-state index in [1.54, 1.807) is 18.2 Å². The van der Waals surface area contributed by atoms with Crippen molar-refractivity contribution >= 4 is 39.1 Å². The van der Waals surface area contributed by atoms with Crippen molar-refractivity contribution in [2.24, 2.45) is 0 Å². The van der Waals surface area contributed by atoms with Gasteiger partial charge in [0.2, 0.25) is 0 Å². The van der Waals surface area contributed by atoms with E-state index in [0.29, 0.717) is 5.02 Å². The number of halogens is 3. The number of aliphatic hydroxyl groups is 1. The maximum atomic E-state index is 9.41. The van der Waals surface area contributed by atoms with Gasteiger partial charge in [-0.15, -0.1) is 11.6 Å². The van der Waals surface area contributed by atoms with Crippen LogP contribution in [0.4, 0.5) is 0 Å². The molecule has 0 amide bonds. The second kappa shape index (κ2) is 4.47. The first kappa shape index (κ1) is 10.3. The first-order chi connectivity index (χ1) is 5.65. The van der Waals surface area contributed by atoms with Gasteiger partial charge in [0.05, 0.1) is 12.0 Å². The first-order valence-electron chi connectivity index (χ1n) is 3.34. The molecule has 0 aliphatic carbocycles. The van der Waals surface area contributed by atoms with E-state index in [1.807, 2.05) is 0 Å². The van der Waals surface area contributed by atoms with Crippen LogP contribution in [0.5, 0.6) is 0 Å². The molecule has 0 heterocycles. The summed E-state index contributed by atoms with van der Waals surface area (Å²) in [4.78, 5) is 0. The molecule has 0 aliphatic rings. The largest absolute Gasteiger partial charge is 0.387 e. The third kappa shape index (κ3) is 2.36. The highest BCUT2D eigenvalue weighted by atomic mass is 79.9. The molecular weight excluding hydrogens is 263 g/mol. The predicted octanol–water partition coefficient (Wildman–Crippen LogP) is 3.37. The lowest BCUT2D eigenvalue weighted by atomic mass is 10.1. The SMILES string of the molecule is O[C@H](CCl)c1cc(Cl)ccc1Br. The summed E-state index contributed by atoms with van der Waals surface area (Å²) < 4.78 is 0.819. The van der Waals surface area contributed by atoms with Gasteiger partial charge in [-0.25, -0.2) is 0 Å². The third-order valence-corrected chi connectivity index (χ3v) is 2.71. The van der Waals surface area contributed by atoms with Crippen LogP contribution >= 0.6 is 39.1 Å². The zero-order chi connectivity index (χ0) is 9.14. The Balaban J connectivity index is 3.04. The maximum Gasteiger partial charge on any atom is 0.0936 e. The smallest absolute Gasteiger partial charge is 0.0936 e. The molecular formula is C8H7BrCl2O. The van der Waals surface area contributed by atoms with E-state index in [-0.39, 0.29) is 5.88 Å². The minimum absolute atomic E-state index is 0.166. The van der Waals surface area contributed by atoms with E-state index in [0.717, 1.165) is 10.0 Å². The van der Waals surface area contributed by atoms with Crippen LogP contribution in [0.1, 0.15) is 11.7 Å². The Morgan fingerprint density at radius 3 is 2.75 bits per heavy atom. The van der Waals surface area contributed by atoms with E-state index in [9.17, 15) is 5.11 Å². The first-order valence-corrected chi connectivity index (χ1v) is 5.04. The van der Waals surface area contributed by atoms with Crippen LogP contribution in [-0.2, 0) is 0 Å². The summed E-state index contributed by atoms with van der Waals surface area (Å²) in [5, 5.41) is 10.0. The summed E-state index contributed by atoms with van der Waals surface area (Å²) >= 11 is 14.5. The number of alkyl halides is 1. The molecule has 0 fully saturated rings. The van der Waals surface area contributed by atoms with Crippen LogP contribution in [-0.4, -0.2) is 11.0 Å². The molecule has 1 aromatic rings. The zero-order valence-corrected chi connectivity index (χ0v) is 9.20. The zero-order valence-electron chi connectivity index (χ0n) is 6.10. The Morgan fingerprint density at radius 2 is 2.17 bits per heavy atom. The molecule has 0 aliphatic heterocycles. The van der Waals surface area contributed by atoms with Gasteiger partial charge in [0.1, 0.15) is 0 Å². The van der Waals surface area contributed by atoms with Crippen LogP contribution in [0.3, 0.4) is 0 Å². The van der Waals surface area contributed by atoms with Crippen LogP contribution in [0.25, 0.3) is 0 Å². The number of hydrogen-bond acceptors (Lipinski definition) is 1. The standard InChI is InChI=1S/C8H7BrCl2O/c9-7-2-1-5(11)3-6(7)8(12)4-10/h1-3,8,12H,4H2/t8-/m1/s1. The Hall–Kier alpha value is 0.240. The van der Waals surface area contributed by atoms with Crippen LogP contribution < -0.4 is 0 Å². The molecule has 0 saturated carbocycles. The molecule has 0 radical (unpaired) electrons. The Bertz CT molecular complexity index is 278. The number of aliphatic hydroxyl groups excluding tert-OH is 1. The molecule has 0 unspecified atom stereocenters. The van der Waals surface area contributed by atoms with Gasteiger partial charge in [0, 0.05) is 9.50 Å². The van der Waals surface area contributed by atoms with Crippen molar-refractivity contribution in [3.63, 3.8) is 0 Å². The summed E-state index contributed by atoms with van der Waals surface area (Å²) in [7, 11) is 0. The summed E-state index contributed by atoms with van der Waals surface area (Å²) in [6, 6.07) is 5.22. The highest BCUT2D eigenvalue weighted by molar-refractivity contribution is 9.10. The lowest BCUT2D eigenvalue weighted by molar-refractivity contribution is 0.202. The molecule has 1 aromatic carbocycles.